The summed E-state index contributed by atoms with van der Waals surface area (Å²) in [5.41, 5.74) is 1.43. The van der Waals surface area contributed by atoms with E-state index in [-0.39, 0.29) is 0 Å². The van der Waals surface area contributed by atoms with Crippen LogP contribution in [0.1, 0.15) is 82.1 Å². The second kappa shape index (κ2) is 27.0. The molecular formula is C23H49N. The molecule has 1 nitrogen and oxygen atoms in total. The van der Waals surface area contributed by atoms with Crippen LogP contribution < -0.4 is 0 Å². The third kappa shape index (κ3) is 37.4. The van der Waals surface area contributed by atoms with E-state index in [1.165, 1.54) is 18.5 Å². The molecule has 1 unspecified atom stereocenters. The van der Waals surface area contributed by atoms with Gasteiger partial charge in [0.1, 0.15) is 0 Å². The second-order valence-corrected chi connectivity index (χ2v) is 6.39. The lowest BCUT2D eigenvalue weighted by Gasteiger charge is -2.20. The zero-order valence-corrected chi connectivity index (χ0v) is 18.9. The first kappa shape index (κ1) is 31.0. The molecular weight excluding hydrogens is 290 g/mol. The molecule has 1 atom stereocenters. The molecule has 0 amide bonds. The summed E-state index contributed by atoms with van der Waals surface area (Å²) in [6.45, 7) is 27.2. The Kier molecular flexibility index (Phi) is 34.9. The molecule has 1 heteroatoms. The maximum atomic E-state index is 3.65. The topological polar surface area (TPSA) is 3.24 Å². The average Bonchev–Trinajstić information content (AvgIpc) is 2.56. The minimum atomic E-state index is 0.801. The van der Waals surface area contributed by atoms with Gasteiger partial charge in [-0.05, 0) is 32.2 Å². The third-order valence-electron chi connectivity index (χ3n) is 2.84. The second-order valence-electron chi connectivity index (χ2n) is 6.39. The molecule has 146 valence electrons. The van der Waals surface area contributed by atoms with Gasteiger partial charge in [-0.15, -0.1) is 0 Å². The van der Waals surface area contributed by atoms with Crippen molar-refractivity contribution >= 4 is 0 Å². The Labute approximate surface area is 155 Å². The van der Waals surface area contributed by atoms with Crippen molar-refractivity contribution < 1.29 is 0 Å². The smallest absolute Gasteiger partial charge is 0.00156 e. The van der Waals surface area contributed by atoms with E-state index in [4.69, 9.17) is 0 Å². The molecule has 0 aromatic carbocycles. The van der Waals surface area contributed by atoms with E-state index in [0.717, 1.165) is 24.8 Å². The van der Waals surface area contributed by atoms with E-state index in [2.05, 4.69) is 72.2 Å². The summed E-state index contributed by atoms with van der Waals surface area (Å²) in [6.07, 6.45) is 10.4. The van der Waals surface area contributed by atoms with E-state index in [9.17, 15) is 0 Å². The Morgan fingerprint density at radius 2 is 1.46 bits per heavy atom. The van der Waals surface area contributed by atoms with Gasteiger partial charge in [0.15, 0.2) is 0 Å². The zero-order valence-electron chi connectivity index (χ0n) is 18.9. The van der Waals surface area contributed by atoms with Crippen LogP contribution in [0.25, 0.3) is 0 Å². The van der Waals surface area contributed by atoms with Gasteiger partial charge < -0.3 is 4.90 Å². The predicted molar refractivity (Wildman–Crippen MR) is 118 cm³/mol. The van der Waals surface area contributed by atoms with Crippen molar-refractivity contribution in [2.24, 2.45) is 11.8 Å². The molecule has 0 rings (SSSR count). The van der Waals surface area contributed by atoms with Crippen molar-refractivity contribution in [1.29, 1.82) is 0 Å². The summed E-state index contributed by atoms with van der Waals surface area (Å²) in [6, 6.07) is 0. The molecule has 0 aromatic rings. The van der Waals surface area contributed by atoms with Gasteiger partial charge in [-0.1, -0.05) is 105 Å². The molecule has 0 radical (unpaired) electrons. The lowest BCUT2D eigenvalue weighted by molar-refractivity contribution is 0.285. The van der Waals surface area contributed by atoms with Crippen LogP contribution in [0.2, 0.25) is 0 Å². The Morgan fingerprint density at radius 3 is 1.83 bits per heavy atom. The molecule has 0 aliphatic rings. The van der Waals surface area contributed by atoms with Crippen LogP contribution in [0.3, 0.4) is 0 Å². The molecule has 0 fully saturated rings. The fraction of sp³-hybridized carbons (Fsp3) is 0.739. The highest BCUT2D eigenvalue weighted by atomic mass is 15.1. The van der Waals surface area contributed by atoms with Gasteiger partial charge in [0.2, 0.25) is 0 Å². The molecule has 0 saturated heterocycles. The van der Waals surface area contributed by atoms with Crippen molar-refractivity contribution in [2.45, 2.75) is 82.1 Å². The quantitative estimate of drug-likeness (QED) is 0.408. The van der Waals surface area contributed by atoms with E-state index in [0.29, 0.717) is 0 Å². The number of hydrogen-bond donors (Lipinski definition) is 0. The van der Waals surface area contributed by atoms with Crippen LogP contribution in [0.4, 0.5) is 0 Å². The molecule has 0 bridgehead atoms. The zero-order chi connectivity index (χ0) is 20.0. The highest BCUT2D eigenvalue weighted by molar-refractivity contribution is 5.14. The molecule has 0 spiro atoms. The van der Waals surface area contributed by atoms with Gasteiger partial charge >= 0.3 is 0 Å². The fourth-order valence-corrected chi connectivity index (χ4v) is 1.50. The normalized spacial score (nSPS) is 11.8. The SMILES string of the molecule is C=C/C=C\C=C(/C)CCN(C)CC(C)CC.CC.CC.CC(C)C. The van der Waals surface area contributed by atoms with Crippen molar-refractivity contribution in [3.63, 3.8) is 0 Å². The summed E-state index contributed by atoms with van der Waals surface area (Å²) in [7, 11) is 2.21. The van der Waals surface area contributed by atoms with E-state index >= 15 is 0 Å². The van der Waals surface area contributed by atoms with Gasteiger partial charge in [-0.2, -0.15) is 0 Å². The standard InChI is InChI=1S/C15H27N.C4H10.2C2H6/c1-6-8-9-10-15(4)11-12-16(5)13-14(3)7-2;1-4(2)3;2*1-2/h6,8-10,14H,1,7,11-13H2,2-5H3;4H,1-3H3;2*1-2H3/b9-8-,15-10+;;;. The largest absolute Gasteiger partial charge is 0.306 e. The Hall–Kier alpha value is -0.820. The Morgan fingerprint density at radius 1 is 1.00 bits per heavy atom. The van der Waals surface area contributed by atoms with E-state index in [1.54, 1.807) is 6.08 Å². The first-order valence-electron chi connectivity index (χ1n) is 9.96. The molecule has 0 saturated carbocycles. The number of rotatable bonds is 8. The lowest BCUT2D eigenvalue weighted by atomic mass is 10.1. The van der Waals surface area contributed by atoms with Gasteiger partial charge in [-0.25, -0.2) is 0 Å². The maximum Gasteiger partial charge on any atom is 0.00156 e. The number of allylic oxidation sites excluding steroid dienone is 4. The van der Waals surface area contributed by atoms with Crippen LogP contribution in [0, 0.1) is 11.8 Å². The predicted octanol–water partition coefficient (Wildman–Crippen LogP) is 7.76. The Balaban J connectivity index is -0.000000212. The summed E-state index contributed by atoms with van der Waals surface area (Å²) in [5, 5.41) is 0. The summed E-state index contributed by atoms with van der Waals surface area (Å²) < 4.78 is 0. The van der Waals surface area contributed by atoms with Crippen LogP contribution >= 0.6 is 0 Å². The van der Waals surface area contributed by atoms with E-state index < -0.39 is 0 Å². The van der Waals surface area contributed by atoms with Crippen LogP contribution in [-0.4, -0.2) is 25.0 Å². The van der Waals surface area contributed by atoms with Gasteiger partial charge in [0.05, 0.1) is 0 Å². The average molecular weight is 340 g/mol. The number of nitrogens with zero attached hydrogens (tertiary/aromatic N) is 1. The van der Waals surface area contributed by atoms with Crippen LogP contribution in [0.15, 0.2) is 36.5 Å². The molecule has 0 heterocycles. The minimum Gasteiger partial charge on any atom is -0.306 e. The highest BCUT2D eigenvalue weighted by Crippen LogP contribution is 2.06. The van der Waals surface area contributed by atoms with Crippen molar-refractivity contribution in [1.82, 2.24) is 4.90 Å². The Bertz CT molecular complexity index is 271. The monoisotopic (exact) mass is 339 g/mol. The molecule has 0 aliphatic heterocycles. The summed E-state index contributed by atoms with van der Waals surface area (Å²) in [5.74, 6) is 1.63. The van der Waals surface area contributed by atoms with Gasteiger partial charge in [0.25, 0.3) is 0 Å². The van der Waals surface area contributed by atoms with Crippen molar-refractivity contribution in [2.75, 3.05) is 20.1 Å². The minimum absolute atomic E-state index is 0.801. The van der Waals surface area contributed by atoms with Crippen molar-refractivity contribution in [3.8, 4) is 0 Å². The molecule has 0 aromatic heterocycles. The first-order valence-corrected chi connectivity index (χ1v) is 9.96. The first-order chi connectivity index (χ1) is 11.3. The summed E-state index contributed by atoms with van der Waals surface area (Å²) in [4.78, 5) is 2.42. The van der Waals surface area contributed by atoms with E-state index in [1.807, 2.05) is 33.8 Å². The number of hydrogen-bond acceptors (Lipinski definition) is 1. The third-order valence-corrected chi connectivity index (χ3v) is 2.84. The van der Waals surface area contributed by atoms with Crippen LogP contribution in [-0.2, 0) is 0 Å². The molecule has 24 heavy (non-hydrogen) atoms. The maximum absolute atomic E-state index is 3.65. The van der Waals surface area contributed by atoms with Crippen molar-refractivity contribution in [3.05, 3.63) is 36.5 Å². The summed E-state index contributed by atoms with van der Waals surface area (Å²) >= 11 is 0. The van der Waals surface area contributed by atoms with Crippen LogP contribution in [0.5, 0.6) is 0 Å². The lowest BCUT2D eigenvalue weighted by Crippen LogP contribution is -2.25. The van der Waals surface area contributed by atoms with Gasteiger partial charge in [0, 0.05) is 13.1 Å². The fourth-order valence-electron chi connectivity index (χ4n) is 1.50. The molecule has 0 aliphatic carbocycles. The highest BCUT2D eigenvalue weighted by Gasteiger charge is 2.03. The van der Waals surface area contributed by atoms with Gasteiger partial charge in [-0.3, -0.25) is 0 Å². The molecule has 0 N–H and O–H groups in total.